The van der Waals surface area contributed by atoms with Crippen LogP contribution in [0.3, 0.4) is 0 Å². The van der Waals surface area contributed by atoms with Crippen LogP contribution in [-0.2, 0) is 9.59 Å². The molecule has 1 spiro atoms. The molecule has 1 saturated heterocycles. The Hall–Kier alpha value is -2.70. The van der Waals surface area contributed by atoms with Crippen LogP contribution in [0, 0.1) is 5.92 Å². The van der Waals surface area contributed by atoms with Crippen molar-refractivity contribution in [1.29, 1.82) is 0 Å². The summed E-state index contributed by atoms with van der Waals surface area (Å²) in [5, 5.41) is 5.65. The second-order valence-electron chi connectivity index (χ2n) is 8.22. The number of hydrogen-bond donors (Lipinski definition) is 2. The van der Waals surface area contributed by atoms with Gasteiger partial charge in [0, 0.05) is 12.5 Å². The largest absolute Gasteiger partial charge is 0.350 e. The lowest BCUT2D eigenvalue weighted by molar-refractivity contribution is -0.132. The van der Waals surface area contributed by atoms with Crippen LogP contribution in [0.4, 0.5) is 4.79 Å². The standard InChI is InChI=1S/C22H29N3O4/c1-4-16-9-11-22(12-10-16)20(28)25(21(29)24-22)13-19(27)18-7-5-17(6-8-18)14(2)23-15(3)26/h5-8,14,16H,4,9-13H2,1-3H3,(H,23,26)(H,24,29)/t14-,16?,22?/m1/s1. The van der Waals surface area contributed by atoms with E-state index in [0.29, 0.717) is 24.3 Å². The number of carbonyl (C=O) groups is 4. The molecule has 4 amide bonds. The second-order valence-corrected chi connectivity index (χ2v) is 8.22. The number of amides is 4. The van der Waals surface area contributed by atoms with E-state index in [-0.39, 0.29) is 30.2 Å². The Balaban J connectivity index is 1.65. The minimum absolute atomic E-state index is 0.127. The van der Waals surface area contributed by atoms with Crippen LogP contribution in [-0.4, -0.2) is 40.6 Å². The number of urea groups is 1. The number of benzene rings is 1. The number of imide groups is 1. The maximum absolute atomic E-state index is 13.0. The van der Waals surface area contributed by atoms with Crippen LogP contribution in [0.5, 0.6) is 0 Å². The van der Waals surface area contributed by atoms with E-state index in [2.05, 4.69) is 17.6 Å². The van der Waals surface area contributed by atoms with Gasteiger partial charge in [-0.25, -0.2) is 4.79 Å². The highest BCUT2D eigenvalue weighted by molar-refractivity contribution is 6.11. The highest BCUT2D eigenvalue weighted by atomic mass is 16.2. The summed E-state index contributed by atoms with van der Waals surface area (Å²) < 4.78 is 0. The fraction of sp³-hybridized carbons (Fsp3) is 0.545. The van der Waals surface area contributed by atoms with Crippen molar-refractivity contribution in [2.45, 2.75) is 64.5 Å². The average molecular weight is 399 g/mol. The molecule has 7 nitrogen and oxygen atoms in total. The van der Waals surface area contributed by atoms with Gasteiger partial charge in [-0.3, -0.25) is 19.3 Å². The van der Waals surface area contributed by atoms with Gasteiger partial charge in [0.15, 0.2) is 5.78 Å². The summed E-state index contributed by atoms with van der Waals surface area (Å²) in [5.74, 6) is -0.0923. The zero-order chi connectivity index (χ0) is 21.2. The van der Waals surface area contributed by atoms with Gasteiger partial charge >= 0.3 is 6.03 Å². The van der Waals surface area contributed by atoms with Gasteiger partial charge in [0.05, 0.1) is 12.6 Å². The zero-order valence-electron chi connectivity index (χ0n) is 17.3. The van der Waals surface area contributed by atoms with Gasteiger partial charge in [0.25, 0.3) is 5.91 Å². The van der Waals surface area contributed by atoms with Gasteiger partial charge in [-0.05, 0) is 44.1 Å². The molecule has 7 heteroatoms. The normalized spacial score (nSPS) is 25.1. The van der Waals surface area contributed by atoms with Gasteiger partial charge in [0.1, 0.15) is 5.54 Å². The van der Waals surface area contributed by atoms with E-state index in [1.165, 1.54) is 6.92 Å². The molecule has 2 fully saturated rings. The van der Waals surface area contributed by atoms with E-state index in [0.717, 1.165) is 29.7 Å². The quantitative estimate of drug-likeness (QED) is 0.568. The molecule has 2 aliphatic rings. The number of rotatable bonds is 6. The minimum atomic E-state index is -0.833. The fourth-order valence-corrected chi connectivity index (χ4v) is 4.32. The Bertz CT molecular complexity index is 810. The molecular formula is C22H29N3O4. The molecule has 3 rings (SSSR count). The van der Waals surface area contributed by atoms with E-state index in [1.807, 2.05) is 6.92 Å². The molecule has 1 atom stereocenters. The third-order valence-corrected chi connectivity index (χ3v) is 6.24. The van der Waals surface area contributed by atoms with E-state index < -0.39 is 11.6 Å². The summed E-state index contributed by atoms with van der Waals surface area (Å²) in [6.45, 7) is 5.20. The molecule has 0 bridgehead atoms. The summed E-state index contributed by atoms with van der Waals surface area (Å²) in [6, 6.07) is 6.23. The van der Waals surface area contributed by atoms with E-state index in [4.69, 9.17) is 0 Å². The van der Waals surface area contributed by atoms with Gasteiger partial charge in [-0.2, -0.15) is 0 Å². The lowest BCUT2D eigenvalue weighted by atomic mass is 9.75. The van der Waals surface area contributed by atoms with Crippen LogP contribution in [0.2, 0.25) is 0 Å². The Morgan fingerprint density at radius 2 is 1.83 bits per heavy atom. The molecule has 1 aliphatic carbocycles. The predicted octanol–water partition coefficient (Wildman–Crippen LogP) is 2.96. The van der Waals surface area contributed by atoms with Crippen LogP contribution >= 0.6 is 0 Å². The van der Waals surface area contributed by atoms with Crippen molar-refractivity contribution < 1.29 is 19.2 Å². The molecule has 1 aromatic carbocycles. The first-order valence-corrected chi connectivity index (χ1v) is 10.3. The summed E-state index contributed by atoms with van der Waals surface area (Å²) in [5.41, 5.74) is 0.471. The topological polar surface area (TPSA) is 95.6 Å². The number of ketones is 1. The highest BCUT2D eigenvalue weighted by Crippen LogP contribution is 2.37. The molecule has 1 aliphatic heterocycles. The van der Waals surface area contributed by atoms with E-state index in [1.54, 1.807) is 24.3 Å². The number of Topliss-reactive ketones (excluding diaryl/α,β-unsaturated/α-hetero) is 1. The van der Waals surface area contributed by atoms with Crippen molar-refractivity contribution in [3.8, 4) is 0 Å². The first-order valence-electron chi connectivity index (χ1n) is 10.3. The van der Waals surface area contributed by atoms with E-state index in [9.17, 15) is 19.2 Å². The van der Waals surface area contributed by atoms with Crippen LogP contribution in [0.15, 0.2) is 24.3 Å². The molecule has 2 N–H and O–H groups in total. The lowest BCUT2D eigenvalue weighted by Crippen LogP contribution is -2.49. The predicted molar refractivity (Wildman–Crippen MR) is 108 cm³/mol. The molecule has 0 radical (unpaired) electrons. The van der Waals surface area contributed by atoms with Gasteiger partial charge in [-0.15, -0.1) is 0 Å². The summed E-state index contributed by atoms with van der Waals surface area (Å²) >= 11 is 0. The van der Waals surface area contributed by atoms with Crippen molar-refractivity contribution in [2.24, 2.45) is 5.92 Å². The summed E-state index contributed by atoms with van der Waals surface area (Å²) in [6.07, 6.45) is 4.18. The van der Waals surface area contributed by atoms with Gasteiger partial charge in [-0.1, -0.05) is 37.6 Å². The van der Waals surface area contributed by atoms with Crippen molar-refractivity contribution in [2.75, 3.05) is 6.54 Å². The fourth-order valence-electron chi connectivity index (χ4n) is 4.32. The van der Waals surface area contributed by atoms with Crippen molar-refractivity contribution in [1.82, 2.24) is 15.5 Å². The molecule has 1 saturated carbocycles. The molecule has 1 heterocycles. The Morgan fingerprint density at radius 3 is 2.38 bits per heavy atom. The smallest absolute Gasteiger partial charge is 0.325 e. The second kappa shape index (κ2) is 8.35. The SMILES string of the molecule is CCC1CCC2(CC1)NC(=O)N(CC(=O)c1ccc([C@@H](C)NC(C)=O)cc1)C2=O. The average Bonchev–Trinajstić information content (AvgIpc) is 2.92. The first kappa shape index (κ1) is 21.0. The minimum Gasteiger partial charge on any atom is -0.350 e. The molecule has 156 valence electrons. The first-order chi connectivity index (χ1) is 13.8. The highest BCUT2D eigenvalue weighted by Gasteiger charge is 2.52. The Kier molecular flexibility index (Phi) is 6.05. The summed E-state index contributed by atoms with van der Waals surface area (Å²) in [7, 11) is 0. The Morgan fingerprint density at radius 1 is 1.21 bits per heavy atom. The van der Waals surface area contributed by atoms with Gasteiger partial charge in [0.2, 0.25) is 5.91 Å². The van der Waals surface area contributed by atoms with Crippen LogP contribution in [0.25, 0.3) is 0 Å². The number of hydrogen-bond acceptors (Lipinski definition) is 4. The van der Waals surface area contributed by atoms with Crippen LogP contribution < -0.4 is 10.6 Å². The maximum atomic E-state index is 13.0. The maximum Gasteiger partial charge on any atom is 0.325 e. The monoisotopic (exact) mass is 399 g/mol. The van der Waals surface area contributed by atoms with Gasteiger partial charge < -0.3 is 10.6 Å². The molecule has 0 unspecified atom stereocenters. The number of carbonyl (C=O) groups excluding carboxylic acids is 4. The number of nitrogens with zero attached hydrogens (tertiary/aromatic N) is 1. The van der Waals surface area contributed by atoms with Crippen molar-refractivity contribution in [3.05, 3.63) is 35.4 Å². The van der Waals surface area contributed by atoms with Crippen molar-refractivity contribution in [3.63, 3.8) is 0 Å². The molecular weight excluding hydrogens is 370 g/mol. The Labute approximate surface area is 171 Å². The van der Waals surface area contributed by atoms with Crippen molar-refractivity contribution >= 4 is 23.6 Å². The molecule has 0 aromatic heterocycles. The van der Waals surface area contributed by atoms with Crippen LogP contribution in [0.1, 0.15) is 74.8 Å². The third-order valence-electron chi connectivity index (χ3n) is 6.24. The van der Waals surface area contributed by atoms with E-state index >= 15 is 0 Å². The summed E-state index contributed by atoms with van der Waals surface area (Å²) in [4.78, 5) is 50.3. The lowest BCUT2D eigenvalue weighted by Gasteiger charge is -2.34. The molecule has 29 heavy (non-hydrogen) atoms. The zero-order valence-corrected chi connectivity index (χ0v) is 17.3. The number of nitrogens with one attached hydrogen (secondary N) is 2. The third kappa shape index (κ3) is 4.33. The molecule has 1 aromatic rings.